The number of benzene rings is 1. The topological polar surface area (TPSA) is 37.9 Å². The quantitative estimate of drug-likeness (QED) is 0.695. The number of aryl methyl sites for hydroxylation is 1. The lowest BCUT2D eigenvalue weighted by molar-refractivity contribution is 0.408. The second-order valence-corrected chi connectivity index (χ2v) is 6.20. The summed E-state index contributed by atoms with van der Waals surface area (Å²) in [6, 6.07) is 4.93. The van der Waals surface area contributed by atoms with Crippen molar-refractivity contribution in [3.8, 4) is 5.75 Å². The molecule has 6 heteroatoms. The highest BCUT2D eigenvalue weighted by atomic mass is 79.9. The zero-order chi connectivity index (χ0) is 15.7. The smallest absolute Gasteiger partial charge is 0.142 e. The average molecular weight is 384 g/mol. The molecular weight excluding hydrogens is 371 g/mol. The lowest BCUT2D eigenvalue weighted by atomic mass is 10.0. The monoisotopic (exact) mass is 382 g/mol. The first-order valence-corrected chi connectivity index (χ1v) is 7.89. The van der Waals surface area contributed by atoms with Crippen molar-refractivity contribution < 1.29 is 9.13 Å². The molecule has 0 saturated heterocycles. The van der Waals surface area contributed by atoms with Crippen LogP contribution in [0, 0.1) is 5.82 Å². The highest BCUT2D eigenvalue weighted by Gasteiger charge is 2.14. The molecule has 0 aliphatic heterocycles. The van der Waals surface area contributed by atoms with Crippen molar-refractivity contribution >= 4 is 38.6 Å². The maximum Gasteiger partial charge on any atom is 0.142 e. The van der Waals surface area contributed by atoms with Crippen LogP contribution in [0.3, 0.4) is 0 Å². The summed E-state index contributed by atoms with van der Waals surface area (Å²) >= 11 is 9.50. The van der Waals surface area contributed by atoms with E-state index in [4.69, 9.17) is 16.3 Å². The fourth-order valence-corrected chi connectivity index (χ4v) is 3.08. The van der Waals surface area contributed by atoms with Crippen molar-refractivity contribution in [3.05, 3.63) is 57.0 Å². The minimum atomic E-state index is -0.430. The van der Waals surface area contributed by atoms with Crippen LogP contribution in [0.25, 0.3) is 11.0 Å². The molecule has 114 valence electrons. The zero-order valence-corrected chi connectivity index (χ0v) is 14.1. The number of H-pyrrole nitrogens is 1. The fourth-order valence-electron chi connectivity index (χ4n) is 2.50. The summed E-state index contributed by atoms with van der Waals surface area (Å²) in [5.41, 5.74) is 2.61. The van der Waals surface area contributed by atoms with Crippen molar-refractivity contribution in [2.75, 3.05) is 7.11 Å². The van der Waals surface area contributed by atoms with Crippen LogP contribution < -0.4 is 4.74 Å². The Bertz CT molecular complexity index is 834. The van der Waals surface area contributed by atoms with Crippen molar-refractivity contribution in [3.63, 3.8) is 0 Å². The molecule has 2 heterocycles. The summed E-state index contributed by atoms with van der Waals surface area (Å²) in [7, 11) is 1.56. The lowest BCUT2D eigenvalue weighted by Gasteiger charge is -2.10. The Morgan fingerprint density at radius 1 is 1.36 bits per heavy atom. The summed E-state index contributed by atoms with van der Waals surface area (Å²) < 4.78 is 19.9. The molecule has 3 aromatic rings. The molecule has 0 aliphatic carbocycles. The van der Waals surface area contributed by atoms with E-state index < -0.39 is 5.82 Å². The van der Waals surface area contributed by atoms with E-state index in [9.17, 15) is 4.39 Å². The number of methoxy groups -OCH3 is 1. The van der Waals surface area contributed by atoms with Gasteiger partial charge >= 0.3 is 0 Å². The first kappa shape index (κ1) is 15.3. The first-order valence-electron chi connectivity index (χ1n) is 6.72. The molecule has 0 atom stereocenters. The summed E-state index contributed by atoms with van der Waals surface area (Å²) in [5.74, 6) is 0.173. The van der Waals surface area contributed by atoms with Gasteiger partial charge in [0.1, 0.15) is 17.2 Å². The highest BCUT2D eigenvalue weighted by molar-refractivity contribution is 9.10. The molecule has 0 spiro atoms. The third-order valence-corrected chi connectivity index (χ3v) is 4.44. The van der Waals surface area contributed by atoms with Gasteiger partial charge in [0.25, 0.3) is 0 Å². The van der Waals surface area contributed by atoms with Crippen LogP contribution in [0.5, 0.6) is 5.75 Å². The average Bonchev–Trinajstić information content (AvgIpc) is 2.91. The lowest BCUT2D eigenvalue weighted by Crippen LogP contribution is -1.98. The number of halogens is 3. The molecule has 0 aliphatic rings. The molecule has 0 bridgehead atoms. The van der Waals surface area contributed by atoms with E-state index in [-0.39, 0.29) is 5.02 Å². The number of fused-ring (bicyclic) bond motifs is 1. The number of hydrogen-bond acceptors (Lipinski definition) is 2. The van der Waals surface area contributed by atoms with Crippen LogP contribution in [0.15, 0.2) is 35.1 Å². The maximum absolute atomic E-state index is 13.7. The molecule has 0 amide bonds. The standard InChI is InChI=1S/C16H13BrClFN2O/c1-22-14-5-4-13(19)15(18)11(14)3-2-9-7-20-16-12(9)6-10(17)8-21-16/h4-8H,2-3H2,1H3,(H,20,21). The van der Waals surface area contributed by atoms with Gasteiger partial charge in [-0.25, -0.2) is 9.37 Å². The fraction of sp³-hybridized carbons (Fsp3) is 0.188. The van der Waals surface area contributed by atoms with Gasteiger partial charge in [-0.3, -0.25) is 0 Å². The number of pyridine rings is 1. The van der Waals surface area contributed by atoms with E-state index in [1.807, 2.05) is 12.3 Å². The number of ether oxygens (including phenoxy) is 1. The maximum atomic E-state index is 13.7. The molecule has 0 unspecified atom stereocenters. The Balaban J connectivity index is 1.91. The molecule has 1 aromatic carbocycles. The molecule has 0 fully saturated rings. The van der Waals surface area contributed by atoms with Gasteiger partial charge in [-0.1, -0.05) is 11.6 Å². The van der Waals surface area contributed by atoms with Crippen LogP contribution in [0.2, 0.25) is 5.02 Å². The molecule has 1 N–H and O–H groups in total. The number of nitrogens with zero attached hydrogens (tertiary/aromatic N) is 1. The number of hydrogen-bond donors (Lipinski definition) is 1. The van der Waals surface area contributed by atoms with E-state index in [1.54, 1.807) is 19.4 Å². The van der Waals surface area contributed by atoms with Crippen LogP contribution in [-0.4, -0.2) is 17.1 Å². The largest absolute Gasteiger partial charge is 0.496 e. The molecule has 0 radical (unpaired) electrons. The Kier molecular flexibility index (Phi) is 4.36. The van der Waals surface area contributed by atoms with Crippen molar-refractivity contribution in [2.45, 2.75) is 12.8 Å². The highest BCUT2D eigenvalue weighted by Crippen LogP contribution is 2.31. The van der Waals surface area contributed by atoms with E-state index >= 15 is 0 Å². The van der Waals surface area contributed by atoms with Gasteiger partial charge in [-0.2, -0.15) is 0 Å². The Morgan fingerprint density at radius 2 is 2.18 bits per heavy atom. The first-order chi connectivity index (χ1) is 10.6. The third-order valence-electron chi connectivity index (χ3n) is 3.60. The molecule has 22 heavy (non-hydrogen) atoms. The Hall–Kier alpha value is -1.59. The second-order valence-electron chi connectivity index (χ2n) is 4.91. The summed E-state index contributed by atoms with van der Waals surface area (Å²) in [6.07, 6.45) is 4.95. The number of nitrogens with one attached hydrogen (secondary N) is 1. The third kappa shape index (κ3) is 2.83. The van der Waals surface area contributed by atoms with Crippen molar-refractivity contribution in [2.24, 2.45) is 0 Å². The van der Waals surface area contributed by atoms with Crippen LogP contribution >= 0.6 is 27.5 Å². The van der Waals surface area contributed by atoms with E-state index in [1.165, 1.54) is 6.07 Å². The van der Waals surface area contributed by atoms with Gasteiger partial charge in [-0.05, 0) is 52.5 Å². The van der Waals surface area contributed by atoms with E-state index in [2.05, 4.69) is 25.9 Å². The SMILES string of the molecule is COc1ccc(F)c(Cl)c1CCc1c[nH]c2ncc(Br)cc12. The minimum Gasteiger partial charge on any atom is -0.496 e. The summed E-state index contributed by atoms with van der Waals surface area (Å²) in [6.45, 7) is 0. The molecular formula is C16H13BrClFN2O. The zero-order valence-electron chi connectivity index (χ0n) is 11.8. The van der Waals surface area contributed by atoms with Crippen LogP contribution in [-0.2, 0) is 12.8 Å². The normalized spacial score (nSPS) is 11.1. The summed E-state index contributed by atoms with van der Waals surface area (Å²) in [5, 5.41) is 1.17. The number of aromatic nitrogens is 2. The number of aromatic amines is 1. The molecule has 3 nitrogen and oxygen atoms in total. The Labute approximate surface area is 140 Å². The van der Waals surface area contributed by atoms with Gasteiger partial charge in [0.2, 0.25) is 0 Å². The molecule has 2 aromatic heterocycles. The van der Waals surface area contributed by atoms with Crippen molar-refractivity contribution in [1.29, 1.82) is 0 Å². The van der Waals surface area contributed by atoms with Gasteiger partial charge in [0, 0.05) is 27.8 Å². The minimum absolute atomic E-state index is 0.124. The Morgan fingerprint density at radius 3 is 2.95 bits per heavy atom. The molecule has 0 saturated carbocycles. The predicted molar refractivity (Wildman–Crippen MR) is 89.2 cm³/mol. The van der Waals surface area contributed by atoms with E-state index in [0.717, 1.165) is 21.1 Å². The molecule has 3 rings (SSSR count). The van der Waals surface area contributed by atoms with E-state index in [0.29, 0.717) is 24.2 Å². The summed E-state index contributed by atoms with van der Waals surface area (Å²) in [4.78, 5) is 7.44. The van der Waals surface area contributed by atoms with Crippen molar-refractivity contribution in [1.82, 2.24) is 9.97 Å². The number of rotatable bonds is 4. The predicted octanol–water partition coefficient (Wildman–Crippen LogP) is 4.91. The second kappa shape index (κ2) is 6.26. The van der Waals surface area contributed by atoms with Crippen LogP contribution in [0.4, 0.5) is 4.39 Å². The van der Waals surface area contributed by atoms with Crippen LogP contribution in [0.1, 0.15) is 11.1 Å². The van der Waals surface area contributed by atoms with Gasteiger partial charge in [0.05, 0.1) is 12.1 Å². The van der Waals surface area contributed by atoms with Gasteiger partial charge < -0.3 is 9.72 Å². The van der Waals surface area contributed by atoms with Gasteiger partial charge in [0.15, 0.2) is 0 Å². The van der Waals surface area contributed by atoms with Gasteiger partial charge in [-0.15, -0.1) is 0 Å².